The van der Waals surface area contributed by atoms with Crippen LogP contribution in [0.3, 0.4) is 0 Å². The number of rotatable bonds is 7. The van der Waals surface area contributed by atoms with Crippen molar-refractivity contribution in [3.63, 3.8) is 0 Å². The second-order valence-corrected chi connectivity index (χ2v) is 4.06. The van der Waals surface area contributed by atoms with Crippen LogP contribution in [-0.4, -0.2) is 47.8 Å². The molecule has 5 N–H and O–H groups in total. The highest BCUT2D eigenvalue weighted by Gasteiger charge is 2.27. The summed E-state index contributed by atoms with van der Waals surface area (Å²) in [5.74, 6) is -3.66. The van der Waals surface area contributed by atoms with Gasteiger partial charge in [-0.15, -0.1) is 0 Å². The molecule has 0 saturated heterocycles. The summed E-state index contributed by atoms with van der Waals surface area (Å²) in [4.78, 5) is 45.4. The van der Waals surface area contributed by atoms with E-state index in [2.05, 4.69) is 5.32 Å². The molecule has 0 aliphatic rings. The predicted molar refractivity (Wildman–Crippen MR) is 72.4 cm³/mol. The van der Waals surface area contributed by atoms with Crippen molar-refractivity contribution in [3.05, 3.63) is 35.9 Å². The van der Waals surface area contributed by atoms with Crippen molar-refractivity contribution < 1.29 is 24.3 Å². The van der Waals surface area contributed by atoms with Crippen LogP contribution < -0.4 is 16.4 Å². The lowest BCUT2D eigenvalue weighted by molar-refractivity contribution is -0.145. The molecule has 1 aromatic carbocycles. The molecule has 21 heavy (non-hydrogen) atoms. The van der Waals surface area contributed by atoms with E-state index >= 15 is 0 Å². The summed E-state index contributed by atoms with van der Waals surface area (Å²) in [6.45, 7) is -0.955. The molecule has 0 bridgehead atoms. The fraction of sp³-hybridized carbons (Fsp3) is 0.231. The first-order chi connectivity index (χ1) is 9.95. The van der Waals surface area contributed by atoms with Gasteiger partial charge >= 0.3 is 5.97 Å². The topological polar surface area (TPSA) is 139 Å². The van der Waals surface area contributed by atoms with E-state index in [0.717, 1.165) is 0 Å². The van der Waals surface area contributed by atoms with Gasteiger partial charge in [-0.25, -0.2) is 4.79 Å². The molecule has 8 heteroatoms. The number of carbonyl (C=O) groups excluding carboxylic acids is 3. The lowest BCUT2D eigenvalue weighted by atomic mass is 10.1. The number of hydrogen-bond acceptors (Lipinski definition) is 5. The standard InChI is InChI=1S/C13H15N3O5/c14-6-10(18)16-11(13(20)21)9(17)7-15-12(19)8-4-2-1-3-5-8/h1-5,11H,6-7,14H2,(H,15,19)(H,16,18)(H,20,21). The minimum Gasteiger partial charge on any atom is -0.479 e. The predicted octanol–water partition coefficient (Wildman–Crippen LogP) is -1.49. The minimum atomic E-state index is -1.74. The summed E-state index contributed by atoms with van der Waals surface area (Å²) in [6.07, 6.45) is 0. The summed E-state index contributed by atoms with van der Waals surface area (Å²) in [5.41, 5.74) is 5.37. The van der Waals surface area contributed by atoms with E-state index in [4.69, 9.17) is 10.8 Å². The van der Waals surface area contributed by atoms with E-state index < -0.39 is 42.7 Å². The van der Waals surface area contributed by atoms with Crippen molar-refractivity contribution in [2.75, 3.05) is 13.1 Å². The molecule has 0 aliphatic carbocycles. The van der Waals surface area contributed by atoms with Crippen LogP contribution in [0.4, 0.5) is 0 Å². The molecular formula is C13H15N3O5. The Bertz CT molecular complexity index is 544. The van der Waals surface area contributed by atoms with E-state index in [-0.39, 0.29) is 0 Å². The number of nitrogens with one attached hydrogen (secondary N) is 2. The number of ketones is 1. The average molecular weight is 293 g/mol. The first-order valence-electron chi connectivity index (χ1n) is 6.04. The molecule has 1 atom stereocenters. The number of carboxylic acid groups (broad SMARTS) is 1. The number of aliphatic carboxylic acids is 1. The fourth-order valence-corrected chi connectivity index (χ4v) is 1.46. The quantitative estimate of drug-likeness (QED) is 0.452. The van der Waals surface area contributed by atoms with Gasteiger partial charge in [-0.05, 0) is 12.1 Å². The zero-order valence-electron chi connectivity index (χ0n) is 11.0. The molecule has 0 fully saturated rings. The number of nitrogens with two attached hydrogens (primary N) is 1. The van der Waals surface area contributed by atoms with Crippen LogP contribution in [0.2, 0.25) is 0 Å². The summed E-state index contributed by atoms with van der Waals surface area (Å²) >= 11 is 0. The number of carbonyl (C=O) groups is 4. The van der Waals surface area contributed by atoms with E-state index in [9.17, 15) is 19.2 Å². The Morgan fingerprint density at radius 1 is 1.14 bits per heavy atom. The van der Waals surface area contributed by atoms with E-state index in [0.29, 0.717) is 5.56 Å². The van der Waals surface area contributed by atoms with Gasteiger partial charge in [0.1, 0.15) is 0 Å². The summed E-state index contributed by atoms with van der Waals surface area (Å²) < 4.78 is 0. The van der Waals surface area contributed by atoms with Crippen LogP contribution >= 0.6 is 0 Å². The Balaban J connectivity index is 2.60. The van der Waals surface area contributed by atoms with E-state index in [1.807, 2.05) is 5.32 Å². The lowest BCUT2D eigenvalue weighted by Gasteiger charge is -2.13. The maximum Gasteiger partial charge on any atom is 0.334 e. The Kier molecular flexibility index (Phi) is 6.02. The smallest absolute Gasteiger partial charge is 0.334 e. The molecule has 112 valence electrons. The van der Waals surface area contributed by atoms with Crippen LogP contribution in [0.15, 0.2) is 30.3 Å². The maximum absolute atomic E-state index is 11.7. The third-order valence-corrected chi connectivity index (χ3v) is 2.52. The molecule has 0 spiro atoms. The largest absolute Gasteiger partial charge is 0.479 e. The second-order valence-electron chi connectivity index (χ2n) is 4.06. The van der Waals surface area contributed by atoms with Gasteiger partial charge in [-0.2, -0.15) is 0 Å². The van der Waals surface area contributed by atoms with Gasteiger partial charge in [0.05, 0.1) is 13.1 Å². The monoisotopic (exact) mass is 293 g/mol. The Hall–Kier alpha value is -2.74. The number of hydrogen-bond donors (Lipinski definition) is 4. The number of amides is 2. The molecule has 0 heterocycles. The van der Waals surface area contributed by atoms with Crippen molar-refractivity contribution in [2.45, 2.75) is 6.04 Å². The molecular weight excluding hydrogens is 278 g/mol. The third-order valence-electron chi connectivity index (χ3n) is 2.52. The molecule has 1 unspecified atom stereocenters. The van der Waals surface area contributed by atoms with Crippen molar-refractivity contribution in [3.8, 4) is 0 Å². The van der Waals surface area contributed by atoms with Gasteiger partial charge < -0.3 is 21.5 Å². The van der Waals surface area contributed by atoms with Crippen LogP contribution in [0.25, 0.3) is 0 Å². The number of Topliss-reactive ketones (excluding diaryl/α,β-unsaturated/α-hetero) is 1. The summed E-state index contributed by atoms with van der Waals surface area (Å²) in [5, 5.41) is 13.1. The first-order valence-corrected chi connectivity index (χ1v) is 6.04. The van der Waals surface area contributed by atoms with Gasteiger partial charge in [0, 0.05) is 5.56 Å². The van der Waals surface area contributed by atoms with Gasteiger partial charge in [0.15, 0.2) is 11.8 Å². The summed E-state index contributed by atoms with van der Waals surface area (Å²) in [6, 6.07) is 6.38. The molecule has 0 saturated carbocycles. The lowest BCUT2D eigenvalue weighted by Crippen LogP contribution is -2.51. The van der Waals surface area contributed by atoms with E-state index in [1.165, 1.54) is 0 Å². The molecule has 1 rings (SSSR count). The molecule has 8 nitrogen and oxygen atoms in total. The molecule has 0 aliphatic heterocycles. The Morgan fingerprint density at radius 3 is 2.29 bits per heavy atom. The zero-order valence-corrected chi connectivity index (χ0v) is 11.0. The highest BCUT2D eigenvalue weighted by Crippen LogP contribution is 1.97. The van der Waals surface area contributed by atoms with Gasteiger partial charge in [0.25, 0.3) is 5.91 Å². The SMILES string of the molecule is NCC(=O)NC(C(=O)O)C(=O)CNC(=O)c1ccccc1. The zero-order chi connectivity index (χ0) is 15.8. The van der Waals surface area contributed by atoms with Gasteiger partial charge in [-0.1, -0.05) is 18.2 Å². The van der Waals surface area contributed by atoms with Gasteiger partial charge in [0.2, 0.25) is 5.91 Å². The fourth-order valence-electron chi connectivity index (χ4n) is 1.46. The van der Waals surface area contributed by atoms with Crippen LogP contribution in [0.5, 0.6) is 0 Å². The highest BCUT2D eigenvalue weighted by molar-refractivity contribution is 6.07. The average Bonchev–Trinajstić information content (AvgIpc) is 2.50. The van der Waals surface area contributed by atoms with Crippen molar-refractivity contribution in [1.29, 1.82) is 0 Å². The van der Waals surface area contributed by atoms with Crippen molar-refractivity contribution >= 4 is 23.6 Å². The Labute approximate surface area is 120 Å². The highest BCUT2D eigenvalue weighted by atomic mass is 16.4. The molecule has 0 aromatic heterocycles. The summed E-state index contributed by atoms with van der Waals surface area (Å²) in [7, 11) is 0. The Morgan fingerprint density at radius 2 is 1.76 bits per heavy atom. The molecule has 1 aromatic rings. The van der Waals surface area contributed by atoms with Crippen molar-refractivity contribution in [2.24, 2.45) is 5.73 Å². The van der Waals surface area contributed by atoms with E-state index in [1.54, 1.807) is 30.3 Å². The maximum atomic E-state index is 11.7. The van der Waals surface area contributed by atoms with Gasteiger partial charge in [-0.3, -0.25) is 14.4 Å². The molecule has 2 amide bonds. The van der Waals surface area contributed by atoms with Crippen LogP contribution in [-0.2, 0) is 14.4 Å². The normalized spacial score (nSPS) is 11.3. The number of carboxylic acids is 1. The first kappa shape index (κ1) is 16.3. The number of benzene rings is 1. The molecule has 0 radical (unpaired) electrons. The minimum absolute atomic E-state index is 0.336. The van der Waals surface area contributed by atoms with Crippen LogP contribution in [0.1, 0.15) is 10.4 Å². The second kappa shape index (κ2) is 7.75. The van der Waals surface area contributed by atoms with Crippen LogP contribution in [0, 0.1) is 0 Å². The van der Waals surface area contributed by atoms with Crippen molar-refractivity contribution in [1.82, 2.24) is 10.6 Å². The third kappa shape index (κ3) is 5.03.